The number of fused-ring (bicyclic) bond motifs is 1. The summed E-state index contributed by atoms with van der Waals surface area (Å²) >= 11 is 0. The van der Waals surface area contributed by atoms with Gasteiger partial charge < -0.3 is 10.0 Å². The molecule has 0 saturated carbocycles. The Hall–Kier alpha value is -2.10. The molecule has 1 N–H and O–H groups in total. The summed E-state index contributed by atoms with van der Waals surface area (Å²) < 4.78 is 0. The molecule has 0 atom stereocenters. The average Bonchev–Trinajstić information content (AvgIpc) is 2.39. The zero-order valence-electron chi connectivity index (χ0n) is 10.6. The zero-order valence-corrected chi connectivity index (χ0v) is 10.6. The van der Waals surface area contributed by atoms with Gasteiger partial charge in [-0.1, -0.05) is 12.1 Å². The third-order valence-corrected chi connectivity index (χ3v) is 3.02. The summed E-state index contributed by atoms with van der Waals surface area (Å²) in [6, 6.07) is 9.05. The highest BCUT2D eigenvalue weighted by atomic mass is 16.4. The number of carbonyl (C=O) groups is 1. The smallest absolute Gasteiger partial charge is 0.337 e. The molecule has 0 spiro atoms. The van der Waals surface area contributed by atoms with Gasteiger partial charge in [0.1, 0.15) is 5.82 Å². The predicted molar refractivity (Wildman–Crippen MR) is 72.3 cm³/mol. The Morgan fingerprint density at radius 3 is 2.56 bits per heavy atom. The van der Waals surface area contributed by atoms with Crippen molar-refractivity contribution in [2.75, 3.05) is 18.0 Å². The lowest BCUT2D eigenvalue weighted by molar-refractivity contribution is 0.0699. The number of carboxylic acids is 1. The monoisotopic (exact) mass is 244 g/mol. The number of hydrogen-bond acceptors (Lipinski definition) is 3. The van der Waals surface area contributed by atoms with Crippen LogP contribution < -0.4 is 4.90 Å². The Morgan fingerprint density at radius 1 is 1.22 bits per heavy atom. The second-order valence-corrected chi connectivity index (χ2v) is 4.02. The van der Waals surface area contributed by atoms with E-state index in [2.05, 4.69) is 23.7 Å². The maximum absolute atomic E-state index is 11.2. The normalized spacial score (nSPS) is 10.6. The summed E-state index contributed by atoms with van der Waals surface area (Å²) in [7, 11) is 0. The summed E-state index contributed by atoms with van der Waals surface area (Å²) in [5, 5.41) is 10.0. The first-order valence-corrected chi connectivity index (χ1v) is 6.05. The van der Waals surface area contributed by atoms with Gasteiger partial charge >= 0.3 is 5.97 Å². The number of nitrogens with zero attached hydrogens (tertiary/aromatic N) is 2. The van der Waals surface area contributed by atoms with Gasteiger partial charge in [0.25, 0.3) is 0 Å². The molecule has 0 aliphatic rings. The largest absolute Gasteiger partial charge is 0.478 e. The number of anilines is 1. The number of benzene rings is 1. The SMILES string of the molecule is CCN(CC)c1ccc2cccc(C(=O)O)c2n1. The predicted octanol–water partition coefficient (Wildman–Crippen LogP) is 2.78. The molecule has 2 aromatic rings. The van der Waals surface area contributed by atoms with E-state index in [1.807, 2.05) is 18.2 Å². The van der Waals surface area contributed by atoms with Crippen LogP contribution in [0.4, 0.5) is 5.82 Å². The molecule has 0 unspecified atom stereocenters. The van der Waals surface area contributed by atoms with Crippen molar-refractivity contribution in [2.24, 2.45) is 0 Å². The first kappa shape index (κ1) is 12.4. The summed E-state index contributed by atoms with van der Waals surface area (Å²) in [4.78, 5) is 17.8. The number of para-hydroxylation sites is 1. The van der Waals surface area contributed by atoms with Gasteiger partial charge in [-0.05, 0) is 32.0 Å². The molecule has 0 bridgehead atoms. The number of rotatable bonds is 4. The fourth-order valence-electron chi connectivity index (χ4n) is 2.03. The molecule has 0 radical (unpaired) electrons. The average molecular weight is 244 g/mol. The topological polar surface area (TPSA) is 53.4 Å². The highest BCUT2D eigenvalue weighted by molar-refractivity contribution is 6.02. The molecule has 1 heterocycles. The highest BCUT2D eigenvalue weighted by Gasteiger charge is 2.11. The zero-order chi connectivity index (χ0) is 13.1. The molecule has 4 heteroatoms. The fourth-order valence-corrected chi connectivity index (χ4v) is 2.03. The van der Waals surface area contributed by atoms with Crippen molar-refractivity contribution in [3.63, 3.8) is 0 Å². The standard InChI is InChI=1S/C14H16N2O2/c1-3-16(4-2)12-9-8-10-6-5-7-11(14(17)18)13(10)15-12/h5-9H,3-4H2,1-2H3,(H,17,18). The van der Waals surface area contributed by atoms with Crippen molar-refractivity contribution < 1.29 is 9.90 Å². The van der Waals surface area contributed by atoms with E-state index in [4.69, 9.17) is 0 Å². The van der Waals surface area contributed by atoms with Crippen LogP contribution >= 0.6 is 0 Å². The van der Waals surface area contributed by atoms with Gasteiger partial charge in [0.05, 0.1) is 11.1 Å². The molecule has 0 fully saturated rings. The number of carboxylic acid groups (broad SMARTS) is 1. The minimum Gasteiger partial charge on any atom is -0.478 e. The van der Waals surface area contributed by atoms with Crippen molar-refractivity contribution >= 4 is 22.7 Å². The van der Waals surface area contributed by atoms with Crippen molar-refractivity contribution in [1.82, 2.24) is 4.98 Å². The van der Waals surface area contributed by atoms with Crippen LogP contribution in [0.5, 0.6) is 0 Å². The van der Waals surface area contributed by atoms with Gasteiger partial charge in [-0.2, -0.15) is 0 Å². The van der Waals surface area contributed by atoms with Crippen LogP contribution in [0.3, 0.4) is 0 Å². The number of aromatic nitrogens is 1. The third-order valence-electron chi connectivity index (χ3n) is 3.02. The van der Waals surface area contributed by atoms with E-state index in [9.17, 15) is 9.90 Å². The van der Waals surface area contributed by atoms with E-state index < -0.39 is 5.97 Å². The van der Waals surface area contributed by atoms with Crippen LogP contribution in [0.25, 0.3) is 10.9 Å². The molecule has 1 aromatic carbocycles. The first-order chi connectivity index (χ1) is 8.67. The number of pyridine rings is 1. The van der Waals surface area contributed by atoms with Crippen molar-refractivity contribution in [2.45, 2.75) is 13.8 Å². The van der Waals surface area contributed by atoms with Crippen LogP contribution in [0.1, 0.15) is 24.2 Å². The van der Waals surface area contributed by atoms with Crippen LogP contribution in [0, 0.1) is 0 Å². The van der Waals surface area contributed by atoms with Gasteiger partial charge in [-0.25, -0.2) is 9.78 Å². The quantitative estimate of drug-likeness (QED) is 0.898. The Kier molecular flexibility index (Phi) is 3.46. The van der Waals surface area contributed by atoms with Crippen LogP contribution in [0.2, 0.25) is 0 Å². The van der Waals surface area contributed by atoms with Gasteiger partial charge in [0.2, 0.25) is 0 Å². The lowest BCUT2D eigenvalue weighted by atomic mass is 10.1. The lowest BCUT2D eigenvalue weighted by Crippen LogP contribution is -2.22. The van der Waals surface area contributed by atoms with Crippen molar-refractivity contribution in [3.8, 4) is 0 Å². The van der Waals surface area contributed by atoms with Gasteiger partial charge in [-0.3, -0.25) is 0 Å². The number of hydrogen-bond donors (Lipinski definition) is 1. The molecule has 0 aliphatic carbocycles. The van der Waals surface area contributed by atoms with Crippen LogP contribution in [-0.2, 0) is 0 Å². The van der Waals surface area contributed by atoms with Crippen LogP contribution in [-0.4, -0.2) is 29.1 Å². The molecule has 4 nitrogen and oxygen atoms in total. The molecule has 0 aliphatic heterocycles. The maximum atomic E-state index is 11.2. The third kappa shape index (κ3) is 2.14. The second-order valence-electron chi connectivity index (χ2n) is 4.02. The molecule has 2 rings (SSSR count). The molecule has 0 amide bonds. The van der Waals surface area contributed by atoms with E-state index >= 15 is 0 Å². The van der Waals surface area contributed by atoms with Crippen LogP contribution in [0.15, 0.2) is 30.3 Å². The summed E-state index contributed by atoms with van der Waals surface area (Å²) in [6.45, 7) is 5.81. The Labute approximate surface area is 106 Å². The highest BCUT2D eigenvalue weighted by Crippen LogP contribution is 2.21. The lowest BCUT2D eigenvalue weighted by Gasteiger charge is -2.20. The molecule has 1 aromatic heterocycles. The van der Waals surface area contributed by atoms with Gasteiger partial charge in [-0.15, -0.1) is 0 Å². The fraction of sp³-hybridized carbons (Fsp3) is 0.286. The Morgan fingerprint density at radius 2 is 1.94 bits per heavy atom. The summed E-state index contributed by atoms with van der Waals surface area (Å²) in [6.07, 6.45) is 0. The van der Waals surface area contributed by atoms with E-state index in [1.54, 1.807) is 12.1 Å². The van der Waals surface area contributed by atoms with Crippen molar-refractivity contribution in [3.05, 3.63) is 35.9 Å². The van der Waals surface area contributed by atoms with E-state index in [0.29, 0.717) is 5.52 Å². The minimum atomic E-state index is -0.940. The second kappa shape index (κ2) is 5.04. The summed E-state index contributed by atoms with van der Waals surface area (Å²) in [5.74, 6) is -0.119. The summed E-state index contributed by atoms with van der Waals surface area (Å²) in [5.41, 5.74) is 0.802. The molecule has 0 saturated heterocycles. The maximum Gasteiger partial charge on any atom is 0.337 e. The molecule has 94 valence electrons. The van der Waals surface area contributed by atoms with E-state index in [0.717, 1.165) is 24.3 Å². The van der Waals surface area contributed by atoms with E-state index in [1.165, 1.54) is 0 Å². The van der Waals surface area contributed by atoms with Gasteiger partial charge in [0.15, 0.2) is 0 Å². The first-order valence-electron chi connectivity index (χ1n) is 6.05. The molecular weight excluding hydrogens is 228 g/mol. The Balaban J connectivity index is 2.62. The Bertz CT molecular complexity index is 577. The number of aromatic carboxylic acids is 1. The molecular formula is C14H16N2O2. The molecule has 18 heavy (non-hydrogen) atoms. The van der Waals surface area contributed by atoms with E-state index in [-0.39, 0.29) is 5.56 Å². The minimum absolute atomic E-state index is 0.251. The van der Waals surface area contributed by atoms with Crippen molar-refractivity contribution in [1.29, 1.82) is 0 Å². The van der Waals surface area contributed by atoms with Gasteiger partial charge in [0, 0.05) is 18.5 Å².